The van der Waals surface area contributed by atoms with E-state index in [2.05, 4.69) is 0 Å². The summed E-state index contributed by atoms with van der Waals surface area (Å²) >= 11 is 0. The maximum Gasteiger partial charge on any atom is 2.00 e. The summed E-state index contributed by atoms with van der Waals surface area (Å²) in [6, 6.07) is 2.05. The molecule has 0 aliphatic rings. The summed E-state index contributed by atoms with van der Waals surface area (Å²) in [6.07, 6.45) is 0. The van der Waals surface area contributed by atoms with Gasteiger partial charge < -0.3 is 14.8 Å². The van der Waals surface area contributed by atoms with E-state index in [1.165, 1.54) is 0 Å². The van der Waals surface area contributed by atoms with Crippen molar-refractivity contribution >= 4 is 26.2 Å². The third-order valence-corrected chi connectivity index (χ3v) is 2.30. The van der Waals surface area contributed by atoms with Gasteiger partial charge in [-0.1, -0.05) is 11.8 Å². The molecule has 1 aromatic rings. The molecular formula is C7H4BeO6S. The Morgan fingerprint density at radius 2 is 1.87 bits per heavy atom. The van der Waals surface area contributed by atoms with Gasteiger partial charge in [0.05, 0.1) is 10.5 Å². The summed E-state index contributed by atoms with van der Waals surface area (Å²) in [4.78, 5) is 9.68. The Morgan fingerprint density at radius 1 is 1.33 bits per heavy atom. The number of benzene rings is 1. The number of carbonyl (C=O) groups is 1. The van der Waals surface area contributed by atoms with Gasteiger partial charge in [0.2, 0.25) is 0 Å². The molecule has 0 radical (unpaired) electrons. The summed E-state index contributed by atoms with van der Waals surface area (Å²) in [7, 11) is -4.73. The molecule has 1 rings (SSSR count). The van der Waals surface area contributed by atoms with Crippen LogP contribution in [-0.4, -0.2) is 34.2 Å². The third kappa shape index (κ3) is 3.02. The van der Waals surface area contributed by atoms with Crippen LogP contribution in [0.2, 0.25) is 0 Å². The predicted octanol–water partition coefficient (Wildman–Crippen LogP) is -1.02. The summed E-state index contributed by atoms with van der Waals surface area (Å²) in [5.41, 5.74) is -0.734. The van der Waals surface area contributed by atoms with Gasteiger partial charge in [-0.3, -0.25) is 0 Å². The molecule has 6 nitrogen and oxygen atoms in total. The third-order valence-electron chi connectivity index (χ3n) is 1.47. The molecule has 0 saturated heterocycles. The van der Waals surface area contributed by atoms with Crippen LogP contribution in [0, 0.1) is 0 Å². The van der Waals surface area contributed by atoms with Crippen LogP contribution in [0.3, 0.4) is 0 Å². The average Bonchev–Trinajstić information content (AvgIpc) is 2.02. The summed E-state index contributed by atoms with van der Waals surface area (Å²) < 4.78 is 31.4. The smallest absolute Gasteiger partial charge is 0.872 e. The molecule has 0 atom stereocenters. The zero-order valence-corrected chi connectivity index (χ0v) is 8.15. The first-order valence-electron chi connectivity index (χ1n) is 3.32. The molecule has 0 unspecified atom stereocenters. The van der Waals surface area contributed by atoms with Gasteiger partial charge in [0.15, 0.2) is 0 Å². The largest absolute Gasteiger partial charge is 2.00 e. The molecule has 0 bridgehead atoms. The van der Waals surface area contributed by atoms with Crippen molar-refractivity contribution in [3.63, 3.8) is 0 Å². The van der Waals surface area contributed by atoms with Gasteiger partial charge >= 0.3 is 16.1 Å². The van der Waals surface area contributed by atoms with E-state index < -0.39 is 32.3 Å². The Balaban J connectivity index is 0.00000196. The first-order chi connectivity index (χ1) is 6.32. The maximum absolute atomic E-state index is 10.9. The van der Waals surface area contributed by atoms with Crippen LogP contribution < -0.4 is 5.11 Å². The molecule has 0 aliphatic carbocycles. The van der Waals surface area contributed by atoms with Crippen molar-refractivity contribution < 1.29 is 28.0 Å². The minimum absolute atomic E-state index is 0. The molecule has 0 heterocycles. The predicted molar refractivity (Wildman–Crippen MR) is 46.6 cm³/mol. The van der Waals surface area contributed by atoms with Gasteiger partial charge in [-0.2, -0.15) is 0 Å². The van der Waals surface area contributed by atoms with Crippen LogP contribution in [0.4, 0.5) is 0 Å². The van der Waals surface area contributed by atoms with Crippen LogP contribution >= 0.6 is 0 Å². The molecule has 0 spiro atoms. The standard InChI is InChI=1S/C7H6O6S.Be/c8-6-2-1-4(14(11,12)13)3-5(6)7(9)10;/h1-3,8H,(H,9,10)(H,11,12,13);/q;+2/p-2. The molecule has 0 amide bonds. The number of hydrogen-bond donors (Lipinski definition) is 1. The van der Waals surface area contributed by atoms with Gasteiger partial charge in [0.1, 0.15) is 10.1 Å². The van der Waals surface area contributed by atoms with E-state index >= 15 is 0 Å². The summed E-state index contributed by atoms with van der Waals surface area (Å²) in [6.45, 7) is 0. The van der Waals surface area contributed by atoms with E-state index in [4.69, 9.17) is 5.11 Å². The molecule has 0 saturated carbocycles. The van der Waals surface area contributed by atoms with Crippen LogP contribution in [0.25, 0.3) is 0 Å². The van der Waals surface area contributed by atoms with E-state index in [1.807, 2.05) is 0 Å². The minimum atomic E-state index is -4.73. The zero-order valence-electron chi connectivity index (χ0n) is 7.34. The van der Waals surface area contributed by atoms with Crippen molar-refractivity contribution in [1.82, 2.24) is 0 Å². The fourth-order valence-electron chi connectivity index (χ4n) is 0.832. The molecule has 0 aliphatic heterocycles. The molecule has 1 N–H and O–H groups in total. The van der Waals surface area contributed by atoms with E-state index in [0.717, 1.165) is 12.1 Å². The van der Waals surface area contributed by atoms with E-state index in [9.17, 15) is 22.9 Å². The first kappa shape index (κ1) is 13.6. The first-order valence-corrected chi connectivity index (χ1v) is 4.73. The van der Waals surface area contributed by atoms with E-state index in [0.29, 0.717) is 6.07 Å². The van der Waals surface area contributed by atoms with Crippen molar-refractivity contribution in [2.45, 2.75) is 4.90 Å². The molecule has 15 heavy (non-hydrogen) atoms. The topological polar surface area (TPSA) is 118 Å². The van der Waals surface area contributed by atoms with Crippen molar-refractivity contribution in [3.8, 4) is 5.75 Å². The number of aromatic carboxylic acids is 1. The van der Waals surface area contributed by atoms with E-state index in [-0.39, 0.29) is 10.1 Å². The fraction of sp³-hybridized carbons (Fsp3) is 0. The maximum atomic E-state index is 10.9. The van der Waals surface area contributed by atoms with Crippen molar-refractivity contribution in [1.29, 1.82) is 0 Å². The molecular weight excluding hydrogens is 221 g/mol. The van der Waals surface area contributed by atoms with Crippen LogP contribution in [0.15, 0.2) is 23.1 Å². The van der Waals surface area contributed by atoms with Crippen LogP contribution in [0.5, 0.6) is 5.75 Å². The number of rotatable bonds is 2. The van der Waals surface area contributed by atoms with Gasteiger partial charge in [-0.25, -0.2) is 13.2 Å². The quantitative estimate of drug-likeness (QED) is 0.508. The Hall–Kier alpha value is -1.43. The average molecular weight is 225 g/mol. The van der Waals surface area contributed by atoms with Crippen molar-refractivity contribution in [2.75, 3.05) is 0 Å². The number of hydrogen-bond acceptors (Lipinski definition) is 5. The monoisotopic (exact) mass is 225 g/mol. The fourth-order valence-corrected chi connectivity index (χ4v) is 1.33. The molecule has 0 fully saturated rings. The Morgan fingerprint density at radius 3 is 2.27 bits per heavy atom. The second-order valence-electron chi connectivity index (χ2n) is 2.42. The van der Waals surface area contributed by atoms with Gasteiger partial charge in [0, 0.05) is 0 Å². The van der Waals surface area contributed by atoms with Crippen molar-refractivity contribution in [3.05, 3.63) is 23.8 Å². The normalized spacial score (nSPS) is 10.5. The van der Waals surface area contributed by atoms with Crippen LogP contribution in [-0.2, 0) is 10.1 Å². The van der Waals surface area contributed by atoms with Crippen molar-refractivity contribution in [2.24, 2.45) is 0 Å². The SMILES string of the molecule is O=C(O)c1cc(S(=O)(=O)[O-])ccc1[O-].[Be+2]. The minimum Gasteiger partial charge on any atom is -0.872 e. The number of carboxylic acid groups (broad SMARTS) is 1. The Bertz CT molecular complexity index is 480. The molecule has 0 aromatic heterocycles. The molecule has 76 valence electrons. The van der Waals surface area contributed by atoms with Crippen LogP contribution in [0.1, 0.15) is 10.4 Å². The summed E-state index contributed by atoms with van der Waals surface area (Å²) in [5.74, 6) is -2.41. The molecule has 8 heteroatoms. The number of carboxylic acids is 1. The Labute approximate surface area is 89.1 Å². The second-order valence-corrected chi connectivity index (χ2v) is 3.80. The van der Waals surface area contributed by atoms with E-state index in [1.54, 1.807) is 0 Å². The molecule has 1 aromatic carbocycles. The summed E-state index contributed by atoms with van der Waals surface area (Å²) in [5, 5.41) is 19.3. The van der Waals surface area contributed by atoms with Gasteiger partial charge in [-0.15, -0.1) is 0 Å². The zero-order chi connectivity index (χ0) is 10.9. The van der Waals surface area contributed by atoms with Gasteiger partial charge in [-0.05, 0) is 12.1 Å². The van der Waals surface area contributed by atoms with Gasteiger partial charge in [0.25, 0.3) is 0 Å². The second kappa shape index (κ2) is 4.39. The Kier molecular flexibility index (Phi) is 3.97.